The summed E-state index contributed by atoms with van der Waals surface area (Å²) in [6.45, 7) is 9.29. The fourth-order valence-electron chi connectivity index (χ4n) is 4.67. The first-order valence-corrected chi connectivity index (χ1v) is 11.3. The number of hydrogen-bond donors (Lipinski definition) is 1. The zero-order valence-corrected chi connectivity index (χ0v) is 20.9. The van der Waals surface area contributed by atoms with Gasteiger partial charge < -0.3 is 19.9 Å². The number of methoxy groups -OCH3 is 1. The van der Waals surface area contributed by atoms with Crippen molar-refractivity contribution in [3.05, 3.63) is 51.7 Å². The van der Waals surface area contributed by atoms with Gasteiger partial charge in [0.05, 0.1) is 18.6 Å². The van der Waals surface area contributed by atoms with Crippen LogP contribution in [0.1, 0.15) is 39.9 Å². The van der Waals surface area contributed by atoms with Crippen molar-refractivity contribution in [2.24, 2.45) is 5.92 Å². The topological polar surface area (TPSA) is 74.8 Å². The number of anilines is 1. The summed E-state index contributed by atoms with van der Waals surface area (Å²) in [5.41, 5.74) is 3.40. The van der Waals surface area contributed by atoms with Gasteiger partial charge in [-0.25, -0.2) is 4.98 Å². The largest absolute Gasteiger partial charge is 0.496 e. The zero-order valence-electron chi connectivity index (χ0n) is 19.4. The number of halogens is 2. The lowest BCUT2D eigenvalue weighted by Gasteiger charge is -2.36. The lowest BCUT2D eigenvalue weighted by atomic mass is 9.88. The second-order valence-corrected chi connectivity index (χ2v) is 9.11. The third-order valence-electron chi connectivity index (χ3n) is 6.39. The van der Waals surface area contributed by atoms with Crippen molar-refractivity contribution in [1.29, 1.82) is 0 Å². The van der Waals surface area contributed by atoms with Crippen molar-refractivity contribution in [3.63, 3.8) is 0 Å². The van der Waals surface area contributed by atoms with Gasteiger partial charge in [-0.2, -0.15) is 0 Å². The smallest absolute Gasteiger partial charge is 0.257 e. The number of pyridine rings is 1. The molecule has 1 unspecified atom stereocenters. The maximum atomic E-state index is 13.3. The van der Waals surface area contributed by atoms with Crippen LogP contribution in [0.5, 0.6) is 5.75 Å². The van der Waals surface area contributed by atoms with Gasteiger partial charge in [-0.3, -0.25) is 9.59 Å². The number of ether oxygens (including phenoxy) is 1. The Kier molecular flexibility index (Phi) is 7.75. The van der Waals surface area contributed by atoms with Crippen molar-refractivity contribution in [2.45, 2.75) is 26.7 Å². The SMILES string of the molecule is COc1cc([C@@H]2C(=O)NCC2C)c(Cl)cc1C(=O)N1CCN(c2ncc(C)cc2C)CC1.Cl. The summed E-state index contributed by atoms with van der Waals surface area (Å²) in [6.07, 6.45) is 1.87. The molecule has 2 atom stereocenters. The summed E-state index contributed by atoms with van der Waals surface area (Å²) in [5, 5.41) is 3.29. The van der Waals surface area contributed by atoms with E-state index in [1.807, 2.05) is 24.9 Å². The number of rotatable bonds is 4. The minimum absolute atomic E-state index is 0. The fourth-order valence-corrected chi connectivity index (χ4v) is 4.95. The number of nitrogens with one attached hydrogen (secondary N) is 1. The molecule has 1 N–H and O–H groups in total. The van der Waals surface area contributed by atoms with E-state index in [-0.39, 0.29) is 36.1 Å². The van der Waals surface area contributed by atoms with Gasteiger partial charge in [0.25, 0.3) is 5.91 Å². The quantitative estimate of drug-likeness (QED) is 0.705. The van der Waals surface area contributed by atoms with Gasteiger partial charge in [-0.15, -0.1) is 12.4 Å². The molecule has 7 nitrogen and oxygen atoms in total. The van der Waals surface area contributed by atoms with Crippen molar-refractivity contribution in [3.8, 4) is 5.75 Å². The third-order valence-corrected chi connectivity index (χ3v) is 6.72. The predicted molar refractivity (Wildman–Crippen MR) is 132 cm³/mol. The molecule has 1 aromatic heterocycles. The Morgan fingerprint density at radius 1 is 1.18 bits per heavy atom. The molecule has 2 fully saturated rings. The number of nitrogens with zero attached hydrogens (tertiary/aromatic N) is 3. The van der Waals surface area contributed by atoms with Crippen LogP contribution in [-0.2, 0) is 4.79 Å². The van der Waals surface area contributed by atoms with Crippen LogP contribution in [0.3, 0.4) is 0 Å². The standard InChI is InChI=1S/C24H29ClN4O3.ClH/c1-14-9-15(2)22(26-12-14)28-5-7-29(8-6-28)24(31)18-10-19(25)17(11-20(18)32-4)21-16(3)13-27-23(21)30;/h9-12,16,21H,5-8,13H2,1-4H3,(H,27,30);1H/t16?,21-;/m1./s1. The van der Waals surface area contributed by atoms with E-state index in [1.54, 1.807) is 12.1 Å². The second-order valence-electron chi connectivity index (χ2n) is 8.71. The molecule has 1 aromatic carbocycles. The van der Waals surface area contributed by atoms with Gasteiger partial charge in [0.1, 0.15) is 11.6 Å². The monoisotopic (exact) mass is 492 g/mol. The van der Waals surface area contributed by atoms with Gasteiger partial charge in [-0.05, 0) is 48.6 Å². The Hall–Kier alpha value is -2.51. The van der Waals surface area contributed by atoms with Crippen LogP contribution in [0, 0.1) is 19.8 Å². The van der Waals surface area contributed by atoms with Crippen LogP contribution >= 0.6 is 24.0 Å². The maximum Gasteiger partial charge on any atom is 0.257 e. The number of benzene rings is 1. The molecule has 9 heteroatoms. The number of aromatic nitrogens is 1. The summed E-state index contributed by atoms with van der Waals surface area (Å²) < 4.78 is 5.54. The van der Waals surface area contributed by atoms with Crippen LogP contribution in [0.25, 0.3) is 0 Å². The van der Waals surface area contributed by atoms with Gasteiger partial charge in [0.2, 0.25) is 5.91 Å². The predicted octanol–water partition coefficient (Wildman–Crippen LogP) is 3.59. The number of piperazine rings is 1. The summed E-state index contributed by atoms with van der Waals surface area (Å²) >= 11 is 6.56. The Morgan fingerprint density at radius 2 is 1.88 bits per heavy atom. The molecule has 0 radical (unpaired) electrons. The number of carbonyl (C=O) groups excluding carboxylic acids is 2. The Morgan fingerprint density at radius 3 is 2.45 bits per heavy atom. The number of carbonyl (C=O) groups is 2. The van der Waals surface area contributed by atoms with E-state index in [2.05, 4.69) is 28.2 Å². The molecule has 0 bridgehead atoms. The Labute approximate surface area is 205 Å². The molecule has 2 aliphatic rings. The average molecular weight is 493 g/mol. The fraction of sp³-hybridized carbons (Fsp3) is 0.458. The van der Waals surface area contributed by atoms with E-state index in [0.29, 0.717) is 54.6 Å². The van der Waals surface area contributed by atoms with Gasteiger partial charge in [-0.1, -0.05) is 24.6 Å². The van der Waals surface area contributed by atoms with Crippen LogP contribution in [0.2, 0.25) is 5.02 Å². The summed E-state index contributed by atoms with van der Waals surface area (Å²) in [6, 6.07) is 5.52. The van der Waals surface area contributed by atoms with E-state index in [9.17, 15) is 9.59 Å². The minimum Gasteiger partial charge on any atom is -0.496 e. The molecule has 4 rings (SSSR count). The summed E-state index contributed by atoms with van der Waals surface area (Å²) in [5.74, 6) is 1.04. The molecule has 0 aliphatic carbocycles. The molecule has 33 heavy (non-hydrogen) atoms. The lowest BCUT2D eigenvalue weighted by molar-refractivity contribution is -0.120. The van der Waals surface area contributed by atoms with Crippen molar-refractivity contribution >= 4 is 41.6 Å². The van der Waals surface area contributed by atoms with E-state index >= 15 is 0 Å². The minimum atomic E-state index is -0.339. The molecule has 178 valence electrons. The molecule has 0 saturated carbocycles. The molecule has 0 spiro atoms. The van der Waals surface area contributed by atoms with Gasteiger partial charge in [0.15, 0.2) is 0 Å². The first-order chi connectivity index (χ1) is 15.3. The number of hydrogen-bond acceptors (Lipinski definition) is 5. The molecule has 2 saturated heterocycles. The van der Waals surface area contributed by atoms with Crippen LogP contribution in [0.4, 0.5) is 5.82 Å². The number of amides is 2. The second kappa shape index (κ2) is 10.2. The van der Waals surface area contributed by atoms with Gasteiger partial charge in [0, 0.05) is 43.9 Å². The highest BCUT2D eigenvalue weighted by Gasteiger charge is 2.35. The normalized spacial score (nSPS) is 20.3. The molecule has 2 aromatic rings. The molecular formula is C24H30Cl2N4O3. The Balaban J connectivity index is 0.00000306. The maximum absolute atomic E-state index is 13.3. The van der Waals surface area contributed by atoms with E-state index in [0.717, 1.165) is 16.9 Å². The zero-order chi connectivity index (χ0) is 23.0. The highest BCUT2D eigenvalue weighted by molar-refractivity contribution is 6.32. The molecule has 3 heterocycles. The highest BCUT2D eigenvalue weighted by Crippen LogP contribution is 2.38. The Bertz CT molecular complexity index is 1050. The van der Waals surface area contributed by atoms with Crippen molar-refractivity contribution in [1.82, 2.24) is 15.2 Å². The molecule has 2 aliphatic heterocycles. The van der Waals surface area contributed by atoms with E-state index < -0.39 is 0 Å². The van der Waals surface area contributed by atoms with Crippen LogP contribution in [-0.4, -0.2) is 61.5 Å². The third kappa shape index (κ3) is 4.89. The first-order valence-electron chi connectivity index (χ1n) is 10.9. The van der Waals surface area contributed by atoms with Crippen molar-refractivity contribution < 1.29 is 14.3 Å². The first kappa shape index (κ1) is 25.1. The molecule has 2 amide bonds. The number of aryl methyl sites for hydroxylation is 2. The average Bonchev–Trinajstić information content (AvgIpc) is 3.11. The molecular weight excluding hydrogens is 463 g/mol. The van der Waals surface area contributed by atoms with Gasteiger partial charge >= 0.3 is 0 Å². The highest BCUT2D eigenvalue weighted by atomic mass is 35.5. The van der Waals surface area contributed by atoms with Crippen LogP contribution in [0.15, 0.2) is 24.4 Å². The summed E-state index contributed by atoms with van der Waals surface area (Å²) in [7, 11) is 1.53. The lowest BCUT2D eigenvalue weighted by Crippen LogP contribution is -2.49. The van der Waals surface area contributed by atoms with E-state index in [4.69, 9.17) is 16.3 Å². The van der Waals surface area contributed by atoms with Crippen molar-refractivity contribution in [2.75, 3.05) is 44.7 Å². The van der Waals surface area contributed by atoms with Crippen LogP contribution < -0.4 is 15.0 Å². The summed E-state index contributed by atoms with van der Waals surface area (Å²) in [4.78, 5) is 34.2. The van der Waals surface area contributed by atoms with E-state index in [1.165, 1.54) is 7.11 Å².